The lowest BCUT2D eigenvalue weighted by atomic mass is 10.2. The lowest BCUT2D eigenvalue weighted by Gasteiger charge is -2.10. The van der Waals surface area contributed by atoms with Crippen LogP contribution in [0.25, 0.3) is 0 Å². The van der Waals surface area contributed by atoms with Crippen LogP contribution in [-0.4, -0.2) is 0 Å². The van der Waals surface area contributed by atoms with Gasteiger partial charge in [-0.15, -0.1) is 0 Å². The third-order valence-corrected chi connectivity index (χ3v) is 2.28. The average Bonchev–Trinajstić information content (AvgIpc) is 2.40. The van der Waals surface area contributed by atoms with E-state index in [0.717, 1.165) is 17.4 Å². The molecule has 1 aromatic carbocycles. The van der Waals surface area contributed by atoms with Gasteiger partial charge in [0.2, 0.25) is 40.7 Å². The Balaban J connectivity index is 2.45. The van der Waals surface area contributed by atoms with Gasteiger partial charge >= 0.3 is 0 Å². The quantitative estimate of drug-likeness (QED) is 0.392. The first kappa shape index (κ1) is 12.6. The van der Waals surface area contributed by atoms with Crippen LogP contribution in [-0.2, 0) is 0 Å². The monoisotopic (exact) mass is 283 g/mol. The van der Waals surface area contributed by atoms with Gasteiger partial charge in [-0.25, -0.2) is 18.0 Å². The van der Waals surface area contributed by atoms with Crippen molar-refractivity contribution in [2.45, 2.75) is 0 Å². The molecule has 18 heavy (non-hydrogen) atoms. The molecule has 10 heteroatoms. The molecule has 2 rings (SSSR count). The average molecular weight is 283 g/mol. The van der Waals surface area contributed by atoms with E-state index in [4.69, 9.17) is 0 Å². The second-order valence-corrected chi connectivity index (χ2v) is 3.52. The number of rotatable bonds is 2. The molecule has 0 aromatic heterocycles. The number of nitrogens with zero attached hydrogens (tertiary/aromatic N) is 2. The summed E-state index contributed by atoms with van der Waals surface area (Å²) in [5.74, 6) is -12.4. The van der Waals surface area contributed by atoms with Crippen molar-refractivity contribution in [1.82, 2.24) is 4.83 Å². The maximum absolute atomic E-state index is 13.2. The van der Waals surface area contributed by atoms with E-state index >= 15 is 0 Å². The molecule has 1 aliphatic rings. The summed E-state index contributed by atoms with van der Waals surface area (Å²) in [6.07, 6.45) is 0. The second kappa shape index (κ2) is 4.80. The van der Waals surface area contributed by atoms with E-state index in [1.807, 2.05) is 0 Å². The molecule has 1 aromatic rings. The minimum Gasteiger partial charge on any atom is -0.430 e. The Morgan fingerprint density at radius 3 is 2.00 bits per heavy atom. The predicted octanol–water partition coefficient (Wildman–Crippen LogP) is 3.18. The molecule has 1 aliphatic heterocycles. The van der Waals surface area contributed by atoms with E-state index in [-0.39, 0.29) is 0 Å². The third kappa shape index (κ3) is 2.10. The fourth-order valence-corrected chi connectivity index (χ4v) is 1.35. The summed E-state index contributed by atoms with van der Waals surface area (Å²) in [5, 5.41) is 7.59. The Morgan fingerprint density at radius 1 is 0.944 bits per heavy atom. The van der Waals surface area contributed by atoms with E-state index < -0.39 is 40.7 Å². The molecule has 0 unspecified atom stereocenters. The van der Waals surface area contributed by atoms with Crippen LogP contribution in [0.3, 0.4) is 0 Å². The van der Waals surface area contributed by atoms with E-state index in [0.29, 0.717) is 0 Å². The zero-order valence-corrected chi connectivity index (χ0v) is 8.99. The maximum atomic E-state index is 13.2. The molecule has 96 valence electrons. The molecule has 0 bridgehead atoms. The van der Waals surface area contributed by atoms with Gasteiger partial charge in [0, 0.05) is 11.9 Å². The van der Waals surface area contributed by atoms with Crippen molar-refractivity contribution >= 4 is 11.9 Å². The van der Waals surface area contributed by atoms with Gasteiger partial charge in [-0.05, 0) is 0 Å². The molecule has 0 atom stereocenters. The number of halogens is 5. The van der Waals surface area contributed by atoms with Crippen molar-refractivity contribution in [2.75, 3.05) is 0 Å². The first-order valence-corrected chi connectivity index (χ1v) is 5.11. The maximum Gasteiger partial charge on any atom is 0.249 e. The summed E-state index contributed by atoms with van der Waals surface area (Å²) in [5.41, 5.74) is 0. The lowest BCUT2D eigenvalue weighted by molar-refractivity contribution is 0.312. The Bertz CT molecular complexity index is 533. The van der Waals surface area contributed by atoms with Gasteiger partial charge in [0.1, 0.15) is 0 Å². The van der Waals surface area contributed by atoms with Crippen LogP contribution >= 0.6 is 11.9 Å². The summed E-state index contributed by atoms with van der Waals surface area (Å²) in [6.45, 7) is 0. The van der Waals surface area contributed by atoms with Crippen LogP contribution < -0.4 is 9.57 Å². The largest absolute Gasteiger partial charge is 0.430 e. The highest BCUT2D eigenvalue weighted by atomic mass is 32.2. The Hall–Kier alpha value is -1.84. The van der Waals surface area contributed by atoms with Crippen molar-refractivity contribution in [2.24, 2.45) is 10.3 Å². The normalized spacial score (nSPS) is 14.2. The van der Waals surface area contributed by atoms with E-state index in [1.165, 1.54) is 0 Å². The summed E-state index contributed by atoms with van der Waals surface area (Å²) >= 11 is 0.842. The SMILES string of the molecule is Fc1c(F)c(F)c(OC2=CSNN=N2)c(F)c1F. The topological polar surface area (TPSA) is 46.0 Å². The number of nitrogens with one attached hydrogen (secondary N) is 1. The summed E-state index contributed by atoms with van der Waals surface area (Å²) < 4.78 is 69.2. The minimum atomic E-state index is -2.26. The van der Waals surface area contributed by atoms with Crippen molar-refractivity contribution < 1.29 is 26.7 Å². The van der Waals surface area contributed by atoms with Crippen LogP contribution in [0.4, 0.5) is 22.0 Å². The number of benzene rings is 1. The Kier molecular flexibility index (Phi) is 3.36. The fraction of sp³-hybridized carbons (Fsp3) is 0. The third-order valence-electron chi connectivity index (χ3n) is 1.78. The first-order valence-electron chi connectivity index (χ1n) is 4.23. The lowest BCUT2D eigenvalue weighted by Crippen LogP contribution is -2.07. The van der Waals surface area contributed by atoms with Crippen LogP contribution in [0.15, 0.2) is 21.6 Å². The molecule has 0 spiro atoms. The zero-order valence-electron chi connectivity index (χ0n) is 8.18. The van der Waals surface area contributed by atoms with Crippen LogP contribution in [0.1, 0.15) is 0 Å². The van der Waals surface area contributed by atoms with Gasteiger partial charge in [0.05, 0.1) is 5.41 Å². The van der Waals surface area contributed by atoms with Gasteiger partial charge in [-0.1, -0.05) is 10.3 Å². The number of ether oxygens (including phenoxy) is 1. The smallest absolute Gasteiger partial charge is 0.249 e. The highest BCUT2D eigenvalue weighted by molar-refractivity contribution is 8.00. The summed E-state index contributed by atoms with van der Waals surface area (Å²) in [6, 6.07) is 0. The molecule has 0 amide bonds. The molecule has 4 nitrogen and oxygen atoms in total. The van der Waals surface area contributed by atoms with Gasteiger partial charge in [-0.2, -0.15) is 8.78 Å². The second-order valence-electron chi connectivity index (χ2n) is 2.87. The van der Waals surface area contributed by atoms with Crippen LogP contribution in [0.5, 0.6) is 5.75 Å². The van der Waals surface area contributed by atoms with Crippen molar-refractivity contribution in [3.05, 3.63) is 40.4 Å². The van der Waals surface area contributed by atoms with Crippen molar-refractivity contribution in [3.63, 3.8) is 0 Å². The molecule has 1 N–H and O–H groups in total. The van der Waals surface area contributed by atoms with Crippen LogP contribution in [0, 0.1) is 29.1 Å². The molecule has 0 saturated heterocycles. The number of hydrogen-bond acceptors (Lipinski definition) is 5. The molecule has 0 saturated carbocycles. The molecular formula is C8H2F5N3OS. The van der Waals surface area contributed by atoms with Gasteiger partial charge < -0.3 is 4.74 Å². The van der Waals surface area contributed by atoms with Crippen molar-refractivity contribution in [1.29, 1.82) is 0 Å². The standard InChI is InChI=1S/C8H2F5N3OS/c9-3-4(10)6(12)8(7(13)5(3)11)17-2-1-18-16-15-14-2/h1H,(H,14,16). The minimum absolute atomic E-state index is 0.415. The highest BCUT2D eigenvalue weighted by Crippen LogP contribution is 2.31. The molecule has 0 fully saturated rings. The predicted molar refractivity (Wildman–Crippen MR) is 50.5 cm³/mol. The Morgan fingerprint density at radius 2 is 1.50 bits per heavy atom. The van der Waals surface area contributed by atoms with Gasteiger partial charge in [-0.3, -0.25) is 0 Å². The zero-order chi connectivity index (χ0) is 13.3. The molecule has 0 radical (unpaired) electrons. The molecule has 1 heterocycles. The number of hydrogen-bond donors (Lipinski definition) is 1. The van der Waals surface area contributed by atoms with Gasteiger partial charge in [0.25, 0.3) is 0 Å². The summed E-state index contributed by atoms with van der Waals surface area (Å²) in [7, 11) is 0. The molecular weight excluding hydrogens is 281 g/mol. The highest BCUT2D eigenvalue weighted by Gasteiger charge is 2.28. The van der Waals surface area contributed by atoms with Gasteiger partial charge in [0.15, 0.2) is 0 Å². The first-order chi connectivity index (χ1) is 8.52. The van der Waals surface area contributed by atoms with Crippen molar-refractivity contribution in [3.8, 4) is 5.75 Å². The van der Waals surface area contributed by atoms with E-state index in [9.17, 15) is 22.0 Å². The fourth-order valence-electron chi connectivity index (χ4n) is 1.02. The van der Waals surface area contributed by atoms with Crippen LogP contribution in [0.2, 0.25) is 0 Å². The van der Waals surface area contributed by atoms with E-state index in [2.05, 4.69) is 19.9 Å². The van der Waals surface area contributed by atoms with E-state index in [1.54, 1.807) is 0 Å². The Labute approximate surface area is 101 Å². The summed E-state index contributed by atoms with van der Waals surface area (Å²) in [4.78, 5) is 2.28. The molecule has 0 aliphatic carbocycles.